The van der Waals surface area contributed by atoms with Gasteiger partial charge in [-0.15, -0.1) is 0 Å². The first kappa shape index (κ1) is 12.8. The molecule has 1 aromatic rings. The van der Waals surface area contributed by atoms with Crippen LogP contribution in [0.1, 0.15) is 26.0 Å². The predicted molar refractivity (Wildman–Crippen MR) is 64.7 cm³/mol. The van der Waals surface area contributed by atoms with E-state index in [1.54, 1.807) is 0 Å². The van der Waals surface area contributed by atoms with Crippen LogP contribution >= 0.6 is 0 Å². The highest BCUT2D eigenvalue weighted by molar-refractivity contribution is 5.81. The average Bonchev–Trinajstić information content (AvgIpc) is 2.59. The normalized spacial score (nSPS) is 12.8. The van der Waals surface area contributed by atoms with Gasteiger partial charge in [0.25, 0.3) is 0 Å². The minimum Gasteiger partial charge on any atom is -0.353 e. The summed E-state index contributed by atoms with van der Waals surface area (Å²) in [4.78, 5) is 11.6. The molecule has 0 spiro atoms. The number of nitrogens with one attached hydrogen (secondary N) is 1. The lowest BCUT2D eigenvalue weighted by Gasteiger charge is -2.14. The zero-order valence-electron chi connectivity index (χ0n) is 10.2. The minimum absolute atomic E-state index is 0.0742. The van der Waals surface area contributed by atoms with Crippen molar-refractivity contribution in [2.75, 3.05) is 0 Å². The van der Waals surface area contributed by atoms with E-state index in [1.807, 2.05) is 29.9 Å². The third-order valence-electron chi connectivity index (χ3n) is 2.56. The molecule has 1 heterocycles. The van der Waals surface area contributed by atoms with E-state index >= 15 is 0 Å². The summed E-state index contributed by atoms with van der Waals surface area (Å²) in [5.41, 5.74) is 6.85. The average molecular weight is 223 g/mol. The number of nitrogens with zero attached hydrogens (tertiary/aromatic N) is 1. The van der Waals surface area contributed by atoms with Crippen LogP contribution in [0.4, 0.5) is 0 Å². The van der Waals surface area contributed by atoms with E-state index in [9.17, 15) is 4.79 Å². The molecule has 0 aliphatic heterocycles. The van der Waals surface area contributed by atoms with Crippen LogP contribution in [0, 0.1) is 5.92 Å². The Morgan fingerprint density at radius 1 is 1.56 bits per heavy atom. The molecule has 0 aliphatic carbocycles. The van der Waals surface area contributed by atoms with Gasteiger partial charge in [-0.3, -0.25) is 4.79 Å². The maximum atomic E-state index is 11.6. The molecule has 1 atom stereocenters. The van der Waals surface area contributed by atoms with Crippen LogP contribution in [0.15, 0.2) is 18.3 Å². The van der Waals surface area contributed by atoms with Crippen molar-refractivity contribution in [1.29, 1.82) is 0 Å². The summed E-state index contributed by atoms with van der Waals surface area (Å²) in [6.07, 6.45) is 2.68. The number of hydrogen-bond acceptors (Lipinski definition) is 2. The lowest BCUT2D eigenvalue weighted by Crippen LogP contribution is -2.41. The maximum absolute atomic E-state index is 11.6. The first-order valence-electron chi connectivity index (χ1n) is 5.64. The fourth-order valence-electron chi connectivity index (χ4n) is 1.60. The first-order valence-corrected chi connectivity index (χ1v) is 5.64. The number of hydrogen-bond donors (Lipinski definition) is 2. The Morgan fingerprint density at radius 3 is 2.75 bits per heavy atom. The Kier molecular flexibility index (Phi) is 4.55. The summed E-state index contributed by atoms with van der Waals surface area (Å²) in [6, 6.07) is 3.53. The second kappa shape index (κ2) is 5.70. The van der Waals surface area contributed by atoms with Gasteiger partial charge in [0.05, 0.1) is 12.6 Å². The van der Waals surface area contributed by atoms with Gasteiger partial charge in [-0.25, -0.2) is 0 Å². The fraction of sp³-hybridized carbons (Fsp3) is 0.583. The molecular formula is C12H21N3O. The molecule has 1 aromatic heterocycles. The predicted octanol–water partition coefficient (Wildman–Crippen LogP) is 1.01. The van der Waals surface area contributed by atoms with Gasteiger partial charge in [-0.2, -0.15) is 0 Å². The van der Waals surface area contributed by atoms with Crippen LogP contribution in [0.5, 0.6) is 0 Å². The van der Waals surface area contributed by atoms with E-state index in [4.69, 9.17) is 5.73 Å². The van der Waals surface area contributed by atoms with Gasteiger partial charge in [-0.05, 0) is 24.5 Å². The van der Waals surface area contributed by atoms with Crippen molar-refractivity contribution in [3.63, 3.8) is 0 Å². The van der Waals surface area contributed by atoms with Gasteiger partial charge in [0, 0.05) is 18.9 Å². The quantitative estimate of drug-likeness (QED) is 0.782. The van der Waals surface area contributed by atoms with E-state index in [1.165, 1.54) is 0 Å². The lowest BCUT2D eigenvalue weighted by atomic mass is 10.0. The highest BCUT2D eigenvalue weighted by Gasteiger charge is 2.14. The summed E-state index contributed by atoms with van der Waals surface area (Å²) in [5.74, 6) is 0.366. The van der Waals surface area contributed by atoms with Gasteiger partial charge in [0.2, 0.25) is 5.91 Å². The number of aryl methyl sites for hydroxylation is 1. The summed E-state index contributed by atoms with van der Waals surface area (Å²) >= 11 is 0. The van der Waals surface area contributed by atoms with E-state index in [2.05, 4.69) is 19.2 Å². The summed E-state index contributed by atoms with van der Waals surface area (Å²) < 4.78 is 1.98. The maximum Gasteiger partial charge on any atom is 0.237 e. The van der Waals surface area contributed by atoms with Crippen LogP contribution < -0.4 is 11.1 Å². The molecule has 3 N–H and O–H groups in total. The Bertz CT molecular complexity index is 344. The highest BCUT2D eigenvalue weighted by Crippen LogP contribution is 2.03. The topological polar surface area (TPSA) is 60.1 Å². The molecule has 0 aromatic carbocycles. The van der Waals surface area contributed by atoms with Crippen molar-refractivity contribution in [2.45, 2.75) is 32.9 Å². The molecule has 0 aliphatic rings. The van der Waals surface area contributed by atoms with Gasteiger partial charge < -0.3 is 15.6 Å². The molecular weight excluding hydrogens is 202 g/mol. The van der Waals surface area contributed by atoms with Crippen molar-refractivity contribution in [2.24, 2.45) is 18.7 Å². The summed E-state index contributed by atoms with van der Waals surface area (Å²) in [5, 5.41) is 2.85. The van der Waals surface area contributed by atoms with E-state index in [0.717, 1.165) is 12.1 Å². The molecule has 1 amide bonds. The second-order valence-electron chi connectivity index (χ2n) is 4.56. The van der Waals surface area contributed by atoms with Crippen LogP contribution in [0.2, 0.25) is 0 Å². The monoisotopic (exact) mass is 223 g/mol. The third-order valence-corrected chi connectivity index (χ3v) is 2.56. The van der Waals surface area contributed by atoms with Gasteiger partial charge >= 0.3 is 0 Å². The highest BCUT2D eigenvalue weighted by atomic mass is 16.2. The van der Waals surface area contributed by atoms with Crippen molar-refractivity contribution in [3.05, 3.63) is 24.0 Å². The summed E-state index contributed by atoms with van der Waals surface area (Å²) in [6.45, 7) is 4.66. The molecule has 0 saturated carbocycles. The number of carbonyl (C=O) groups is 1. The van der Waals surface area contributed by atoms with Crippen molar-refractivity contribution in [1.82, 2.24) is 9.88 Å². The van der Waals surface area contributed by atoms with Crippen LogP contribution in [-0.2, 0) is 18.4 Å². The number of rotatable bonds is 5. The smallest absolute Gasteiger partial charge is 0.237 e. The molecule has 0 fully saturated rings. The van der Waals surface area contributed by atoms with Crippen LogP contribution in [-0.4, -0.2) is 16.5 Å². The van der Waals surface area contributed by atoms with E-state index < -0.39 is 6.04 Å². The molecule has 1 rings (SSSR count). The Morgan fingerprint density at radius 2 is 2.25 bits per heavy atom. The fourth-order valence-corrected chi connectivity index (χ4v) is 1.60. The number of amides is 1. The van der Waals surface area contributed by atoms with Crippen LogP contribution in [0.3, 0.4) is 0 Å². The van der Waals surface area contributed by atoms with Crippen molar-refractivity contribution in [3.8, 4) is 0 Å². The SMILES string of the molecule is CC(C)C[C@H](N)C(=O)NCc1cccn1C. The molecule has 0 bridgehead atoms. The van der Waals surface area contributed by atoms with E-state index in [-0.39, 0.29) is 5.91 Å². The molecule has 0 radical (unpaired) electrons. The second-order valence-corrected chi connectivity index (χ2v) is 4.56. The lowest BCUT2D eigenvalue weighted by molar-refractivity contribution is -0.122. The molecule has 16 heavy (non-hydrogen) atoms. The Hall–Kier alpha value is -1.29. The molecule has 4 nitrogen and oxygen atoms in total. The number of nitrogens with two attached hydrogens (primary N) is 1. The first-order chi connectivity index (χ1) is 7.50. The van der Waals surface area contributed by atoms with Gasteiger partial charge in [0.15, 0.2) is 0 Å². The standard InChI is InChI=1S/C12H21N3O/c1-9(2)7-11(13)12(16)14-8-10-5-4-6-15(10)3/h4-6,9,11H,7-8,13H2,1-3H3,(H,14,16)/t11-/m0/s1. The minimum atomic E-state index is -0.403. The van der Waals surface area contributed by atoms with E-state index in [0.29, 0.717) is 12.5 Å². The summed E-state index contributed by atoms with van der Waals surface area (Å²) in [7, 11) is 1.95. The Labute approximate surface area is 96.8 Å². The molecule has 0 saturated heterocycles. The number of aromatic nitrogens is 1. The zero-order chi connectivity index (χ0) is 12.1. The Balaban J connectivity index is 2.38. The molecule has 4 heteroatoms. The molecule has 0 unspecified atom stereocenters. The van der Waals surface area contributed by atoms with Crippen LogP contribution in [0.25, 0.3) is 0 Å². The van der Waals surface area contributed by atoms with Crippen molar-refractivity contribution >= 4 is 5.91 Å². The largest absolute Gasteiger partial charge is 0.353 e. The zero-order valence-corrected chi connectivity index (χ0v) is 10.2. The van der Waals surface area contributed by atoms with Crippen molar-refractivity contribution < 1.29 is 4.79 Å². The third kappa shape index (κ3) is 3.70. The molecule has 90 valence electrons. The van der Waals surface area contributed by atoms with Gasteiger partial charge in [-0.1, -0.05) is 13.8 Å². The number of carbonyl (C=O) groups excluding carboxylic acids is 1. The van der Waals surface area contributed by atoms with Gasteiger partial charge in [0.1, 0.15) is 0 Å².